The highest BCUT2D eigenvalue weighted by Crippen LogP contribution is 2.52. The van der Waals surface area contributed by atoms with Crippen LogP contribution in [0.2, 0.25) is 0 Å². The SMILES string of the molecule is CCNC(Cc1ccccc1)C(=O)NC(CCCCN)C(=O)Cc1ccc(COC(=O)N[C@@H]2C[C@@H](O[C@@H]3C[C@@](O)(C(=O)CO)Cc4c(O)c5c(c(O)c43)C(=O)c3c(OC)cccc3C5=O)O[C@H](C)[C@@H]2O)cc1. The third-order valence-electron chi connectivity index (χ3n) is 13.5. The largest absolute Gasteiger partial charge is 0.507 e. The number of unbranched alkanes of at least 4 members (excludes halogenated alkanes) is 1. The van der Waals surface area contributed by atoms with Gasteiger partial charge in [-0.05, 0) is 68.5 Å². The summed E-state index contributed by atoms with van der Waals surface area (Å²) < 4.78 is 23.1. The van der Waals surface area contributed by atoms with Crippen LogP contribution in [0.15, 0.2) is 72.8 Å². The van der Waals surface area contributed by atoms with Crippen molar-refractivity contribution in [2.45, 2.75) is 120 Å². The van der Waals surface area contributed by atoms with Crippen LogP contribution >= 0.6 is 0 Å². The number of methoxy groups -OCH3 is 1. The summed E-state index contributed by atoms with van der Waals surface area (Å²) in [5.74, 6) is -4.64. The molecular formula is C53H62N4O15. The molecule has 4 aromatic rings. The third-order valence-corrected chi connectivity index (χ3v) is 13.5. The Morgan fingerprint density at radius 1 is 0.889 bits per heavy atom. The smallest absolute Gasteiger partial charge is 0.407 e. The number of nitrogens with two attached hydrogens (primary N) is 1. The van der Waals surface area contributed by atoms with E-state index in [1.165, 1.54) is 32.2 Å². The standard InChI is InChI=1S/C53H62N4O15/c1-4-55-36(21-29-11-6-5-7-12-29)51(66)56-34(14-8-9-20-54)37(59)22-30-16-18-31(19-17-30)27-70-52(67)57-35-23-41(71-28(2)46(35)61)72-39-25-53(68,40(60)26-58)24-33-43(39)50(65)45-44(48(33)63)47(62)32-13-10-15-38(69-3)42(32)49(45)64/h5-7,10-13,15-19,28,34-36,39,41,46,55,58,61,63,65,68H,4,8-9,14,20-27,54H2,1-3H3,(H,56,66)(H,57,67)/t28-,34?,35-,36?,39-,41-,46+,53-/m1/s1. The number of carbonyl (C=O) groups is 6. The van der Waals surface area contributed by atoms with E-state index in [9.17, 15) is 54.3 Å². The predicted molar refractivity (Wildman–Crippen MR) is 258 cm³/mol. The molecule has 0 bridgehead atoms. The first-order valence-corrected chi connectivity index (χ1v) is 24.1. The van der Waals surface area contributed by atoms with Crippen molar-refractivity contribution >= 4 is 35.1 Å². The Morgan fingerprint density at radius 2 is 1.60 bits per heavy atom. The fraction of sp³-hybridized carbons (Fsp3) is 0.434. The molecule has 0 spiro atoms. The lowest BCUT2D eigenvalue weighted by Crippen LogP contribution is -2.56. The summed E-state index contributed by atoms with van der Waals surface area (Å²) in [5.41, 5.74) is 3.75. The summed E-state index contributed by atoms with van der Waals surface area (Å²) >= 11 is 0. The van der Waals surface area contributed by atoms with Crippen LogP contribution in [-0.2, 0) is 54.5 Å². The maximum Gasteiger partial charge on any atom is 0.407 e. The minimum absolute atomic E-state index is 0.0385. The number of benzene rings is 4. The molecule has 1 heterocycles. The number of phenolic OH excluding ortho intramolecular Hbond substituents is 2. The molecule has 72 heavy (non-hydrogen) atoms. The predicted octanol–water partition coefficient (Wildman–Crippen LogP) is 2.92. The molecule has 7 rings (SSSR count). The molecule has 19 nitrogen and oxygen atoms in total. The lowest BCUT2D eigenvalue weighted by Gasteiger charge is -2.42. The zero-order valence-corrected chi connectivity index (χ0v) is 40.4. The zero-order chi connectivity index (χ0) is 51.9. The van der Waals surface area contributed by atoms with Gasteiger partial charge < -0.3 is 66.2 Å². The average Bonchev–Trinajstić information content (AvgIpc) is 3.37. The van der Waals surface area contributed by atoms with Crippen LogP contribution in [0.5, 0.6) is 17.2 Å². The molecule has 0 radical (unpaired) electrons. The number of ether oxygens (including phenoxy) is 4. The number of ketones is 4. The van der Waals surface area contributed by atoms with Crippen molar-refractivity contribution in [3.05, 3.63) is 123 Å². The fourth-order valence-corrected chi connectivity index (χ4v) is 9.71. The molecule has 4 aromatic carbocycles. The van der Waals surface area contributed by atoms with Crippen molar-refractivity contribution in [3.8, 4) is 17.2 Å². The number of alkyl carbamates (subject to hydrolysis) is 1. The second-order valence-electron chi connectivity index (χ2n) is 18.4. The van der Waals surface area contributed by atoms with Crippen LogP contribution in [0.1, 0.15) is 112 Å². The number of phenols is 2. The molecule has 1 saturated heterocycles. The van der Waals surface area contributed by atoms with Gasteiger partial charge in [0.2, 0.25) is 11.7 Å². The van der Waals surface area contributed by atoms with Crippen molar-refractivity contribution in [2.75, 3.05) is 26.8 Å². The van der Waals surface area contributed by atoms with E-state index in [1.807, 2.05) is 37.3 Å². The molecule has 19 heteroatoms. The van der Waals surface area contributed by atoms with E-state index in [1.54, 1.807) is 24.3 Å². The zero-order valence-electron chi connectivity index (χ0n) is 40.4. The molecule has 1 fully saturated rings. The summed E-state index contributed by atoms with van der Waals surface area (Å²) in [7, 11) is 1.30. The van der Waals surface area contributed by atoms with Crippen LogP contribution in [0.3, 0.4) is 0 Å². The third kappa shape index (κ3) is 11.5. The number of aliphatic hydroxyl groups excluding tert-OH is 2. The van der Waals surface area contributed by atoms with Gasteiger partial charge in [0.15, 0.2) is 23.6 Å². The summed E-state index contributed by atoms with van der Waals surface area (Å²) in [5, 5.41) is 65.0. The molecule has 2 amide bonds. The fourth-order valence-electron chi connectivity index (χ4n) is 9.71. The van der Waals surface area contributed by atoms with Crippen molar-refractivity contribution in [1.82, 2.24) is 16.0 Å². The second kappa shape index (κ2) is 23.3. The van der Waals surface area contributed by atoms with E-state index < -0.39 is 114 Å². The monoisotopic (exact) mass is 994 g/mol. The summed E-state index contributed by atoms with van der Waals surface area (Å²) in [6, 6.07) is 18.4. The molecule has 8 atom stereocenters. The van der Waals surface area contributed by atoms with Gasteiger partial charge in [0, 0.05) is 42.4 Å². The van der Waals surface area contributed by atoms with Gasteiger partial charge in [-0.2, -0.15) is 0 Å². The van der Waals surface area contributed by atoms with Crippen LogP contribution in [0, 0.1) is 0 Å². The molecule has 2 aliphatic carbocycles. The lowest BCUT2D eigenvalue weighted by molar-refractivity contribution is -0.249. The molecule has 10 N–H and O–H groups in total. The Hall–Kier alpha value is -6.58. The van der Waals surface area contributed by atoms with Gasteiger partial charge in [-0.1, -0.05) is 73.7 Å². The van der Waals surface area contributed by atoms with Crippen LogP contribution < -0.4 is 26.4 Å². The summed E-state index contributed by atoms with van der Waals surface area (Å²) in [6.07, 6.45) is -5.26. The van der Waals surface area contributed by atoms with Gasteiger partial charge in [0.05, 0.1) is 54.1 Å². The van der Waals surface area contributed by atoms with E-state index in [0.717, 1.165) is 5.56 Å². The van der Waals surface area contributed by atoms with Gasteiger partial charge in [0.1, 0.15) is 42.2 Å². The first kappa shape index (κ1) is 53.2. The first-order valence-electron chi connectivity index (χ1n) is 24.1. The van der Waals surface area contributed by atoms with Gasteiger partial charge in [-0.3, -0.25) is 24.0 Å². The molecule has 1 aliphatic heterocycles. The minimum atomic E-state index is -2.38. The van der Waals surface area contributed by atoms with Crippen molar-refractivity contribution in [1.29, 1.82) is 0 Å². The van der Waals surface area contributed by atoms with E-state index in [-0.39, 0.29) is 59.1 Å². The van der Waals surface area contributed by atoms with E-state index in [2.05, 4.69) is 16.0 Å². The number of carbonyl (C=O) groups excluding carboxylic acids is 6. The highest BCUT2D eigenvalue weighted by Gasteiger charge is 2.50. The highest BCUT2D eigenvalue weighted by molar-refractivity contribution is 6.31. The Bertz CT molecular complexity index is 2660. The number of amides is 2. The molecule has 3 aliphatic rings. The number of rotatable bonds is 21. The Labute approximate surface area is 416 Å². The number of fused-ring (bicyclic) bond motifs is 3. The van der Waals surface area contributed by atoms with Crippen molar-refractivity contribution < 1.29 is 73.2 Å². The number of nitrogens with one attached hydrogen (secondary N) is 3. The first-order chi connectivity index (χ1) is 34.5. The minimum Gasteiger partial charge on any atom is -0.507 e. The molecule has 2 unspecified atom stereocenters. The van der Waals surface area contributed by atoms with E-state index in [4.69, 9.17) is 24.7 Å². The Balaban J connectivity index is 1.00. The van der Waals surface area contributed by atoms with Crippen LogP contribution in [0.4, 0.5) is 4.79 Å². The molecule has 384 valence electrons. The topological polar surface area (TPSA) is 303 Å². The number of likely N-dealkylation sites (N-methyl/N-ethyl adjacent to an activating group) is 1. The van der Waals surface area contributed by atoms with E-state index in [0.29, 0.717) is 49.9 Å². The maximum absolute atomic E-state index is 14.0. The highest BCUT2D eigenvalue weighted by atomic mass is 16.7. The van der Waals surface area contributed by atoms with Crippen LogP contribution in [0.25, 0.3) is 0 Å². The number of hydrogen-bond acceptors (Lipinski definition) is 17. The second-order valence-corrected chi connectivity index (χ2v) is 18.4. The summed E-state index contributed by atoms with van der Waals surface area (Å²) in [4.78, 5) is 81.3. The summed E-state index contributed by atoms with van der Waals surface area (Å²) in [6.45, 7) is 3.14. The van der Waals surface area contributed by atoms with Gasteiger partial charge in [0.25, 0.3) is 0 Å². The van der Waals surface area contributed by atoms with Crippen LogP contribution in [-0.4, -0.2) is 130 Å². The normalized spacial score (nSPS) is 22.1. The Morgan fingerprint density at radius 3 is 2.28 bits per heavy atom. The molecule has 0 saturated carbocycles. The number of aliphatic hydroxyl groups is 3. The average molecular weight is 995 g/mol. The molecule has 0 aromatic heterocycles. The Kier molecular flexibility index (Phi) is 17.2. The van der Waals surface area contributed by atoms with Crippen molar-refractivity contribution in [2.24, 2.45) is 5.73 Å². The number of hydrogen-bond donors (Lipinski definition) is 9. The van der Waals surface area contributed by atoms with Gasteiger partial charge >= 0.3 is 6.09 Å². The van der Waals surface area contributed by atoms with Gasteiger partial charge in [-0.25, -0.2) is 4.79 Å². The lowest BCUT2D eigenvalue weighted by atomic mass is 9.72. The number of Topliss-reactive ketones (excluding diaryl/α,β-unsaturated/α-hetero) is 2. The van der Waals surface area contributed by atoms with Gasteiger partial charge in [-0.15, -0.1) is 0 Å². The quantitative estimate of drug-likeness (QED) is 0.0377. The van der Waals surface area contributed by atoms with Crippen molar-refractivity contribution in [3.63, 3.8) is 0 Å². The number of aromatic hydroxyl groups is 2. The molecular weight excluding hydrogens is 933 g/mol. The maximum atomic E-state index is 14.0. The van der Waals surface area contributed by atoms with E-state index >= 15 is 0 Å².